The molecule has 0 saturated heterocycles. The van der Waals surface area contributed by atoms with Gasteiger partial charge in [-0.1, -0.05) is 17.7 Å². The summed E-state index contributed by atoms with van der Waals surface area (Å²) in [6.07, 6.45) is 0. The molecule has 0 fully saturated rings. The van der Waals surface area contributed by atoms with Gasteiger partial charge in [-0.2, -0.15) is 0 Å². The van der Waals surface area contributed by atoms with Gasteiger partial charge in [0.25, 0.3) is 0 Å². The van der Waals surface area contributed by atoms with E-state index in [1.807, 2.05) is 12.1 Å². The second kappa shape index (κ2) is 4.82. The summed E-state index contributed by atoms with van der Waals surface area (Å²) in [5, 5.41) is 0.777. The summed E-state index contributed by atoms with van der Waals surface area (Å²) in [5.41, 5.74) is 6.82. The van der Waals surface area contributed by atoms with Crippen LogP contribution in [0.25, 0.3) is 10.4 Å². The number of halogens is 2. The van der Waals surface area contributed by atoms with Crippen LogP contribution in [0.1, 0.15) is 4.88 Å². The molecule has 78 valence electrons. The van der Waals surface area contributed by atoms with Gasteiger partial charge in [0.1, 0.15) is 0 Å². The molecule has 2 aromatic rings. The van der Waals surface area contributed by atoms with E-state index in [0.717, 1.165) is 5.02 Å². The van der Waals surface area contributed by atoms with Crippen molar-refractivity contribution in [1.82, 2.24) is 0 Å². The Balaban J connectivity index is 2.44. The Kier molecular flexibility index (Phi) is 3.66. The lowest BCUT2D eigenvalue weighted by Gasteiger charge is -2.01. The lowest BCUT2D eigenvalue weighted by Crippen LogP contribution is -1.91. The van der Waals surface area contributed by atoms with Gasteiger partial charge in [-0.05, 0) is 46.9 Å². The highest BCUT2D eigenvalue weighted by atomic mass is 127. The second-order valence-electron chi connectivity index (χ2n) is 3.09. The van der Waals surface area contributed by atoms with Gasteiger partial charge in [0.2, 0.25) is 0 Å². The molecule has 1 aromatic heterocycles. The number of hydrogen-bond donors (Lipinski definition) is 1. The van der Waals surface area contributed by atoms with Crippen molar-refractivity contribution in [3.8, 4) is 10.4 Å². The first kappa shape index (κ1) is 11.4. The number of benzene rings is 1. The lowest BCUT2D eigenvalue weighted by atomic mass is 10.2. The van der Waals surface area contributed by atoms with Crippen LogP contribution in [-0.4, -0.2) is 0 Å². The van der Waals surface area contributed by atoms with E-state index in [1.54, 1.807) is 11.3 Å². The van der Waals surface area contributed by atoms with E-state index in [9.17, 15) is 0 Å². The minimum absolute atomic E-state index is 0.606. The van der Waals surface area contributed by atoms with Crippen LogP contribution in [0.15, 0.2) is 30.3 Å². The van der Waals surface area contributed by atoms with Crippen LogP contribution >= 0.6 is 45.5 Å². The van der Waals surface area contributed by atoms with E-state index in [2.05, 4.69) is 40.8 Å². The Bertz CT molecular complexity index is 481. The highest BCUT2D eigenvalue weighted by molar-refractivity contribution is 14.1. The largest absolute Gasteiger partial charge is 0.326 e. The molecular formula is C11H9ClINS. The van der Waals surface area contributed by atoms with Gasteiger partial charge >= 0.3 is 0 Å². The van der Waals surface area contributed by atoms with Crippen LogP contribution in [0.4, 0.5) is 0 Å². The summed E-state index contributed by atoms with van der Waals surface area (Å²) < 4.78 is 1.17. The molecule has 1 heterocycles. The fourth-order valence-corrected chi connectivity index (χ4v) is 3.59. The van der Waals surface area contributed by atoms with Gasteiger partial charge in [0.05, 0.1) is 0 Å². The van der Waals surface area contributed by atoms with Crippen molar-refractivity contribution in [2.45, 2.75) is 6.54 Å². The summed E-state index contributed by atoms with van der Waals surface area (Å²) in [6.45, 7) is 0.606. The van der Waals surface area contributed by atoms with Gasteiger partial charge in [-0.25, -0.2) is 0 Å². The molecule has 0 spiro atoms. The Labute approximate surface area is 111 Å². The molecule has 0 aliphatic heterocycles. The first-order chi connectivity index (χ1) is 7.20. The maximum atomic E-state index is 5.92. The van der Waals surface area contributed by atoms with E-state index in [0.29, 0.717) is 6.54 Å². The summed E-state index contributed by atoms with van der Waals surface area (Å²) in [7, 11) is 0. The highest BCUT2D eigenvalue weighted by Gasteiger charge is 2.06. The van der Waals surface area contributed by atoms with Crippen LogP contribution in [-0.2, 0) is 6.54 Å². The Morgan fingerprint density at radius 1 is 1.27 bits per heavy atom. The van der Waals surface area contributed by atoms with Gasteiger partial charge in [-0.15, -0.1) is 11.3 Å². The van der Waals surface area contributed by atoms with Gasteiger partial charge in [0.15, 0.2) is 0 Å². The van der Waals surface area contributed by atoms with Crippen molar-refractivity contribution in [3.63, 3.8) is 0 Å². The molecule has 2 N–H and O–H groups in total. The fourth-order valence-electron chi connectivity index (χ4n) is 1.32. The standard InChI is InChI=1S/C11H9ClINS/c12-7-1-3-9(10(13)5-7)11-4-2-8(6-14)15-11/h1-5H,6,14H2. The minimum Gasteiger partial charge on any atom is -0.326 e. The van der Waals surface area contributed by atoms with E-state index in [-0.39, 0.29) is 0 Å². The maximum Gasteiger partial charge on any atom is 0.0416 e. The molecular weight excluding hydrogens is 341 g/mol. The van der Waals surface area contributed by atoms with E-state index >= 15 is 0 Å². The Morgan fingerprint density at radius 2 is 2.07 bits per heavy atom. The van der Waals surface area contributed by atoms with Gasteiger partial charge < -0.3 is 5.73 Å². The molecule has 0 unspecified atom stereocenters. The summed E-state index contributed by atoms with van der Waals surface area (Å²) in [5.74, 6) is 0. The molecule has 0 saturated carbocycles. The number of rotatable bonds is 2. The third-order valence-electron chi connectivity index (χ3n) is 2.06. The zero-order valence-corrected chi connectivity index (χ0v) is 11.6. The summed E-state index contributed by atoms with van der Waals surface area (Å²) in [6, 6.07) is 10.1. The highest BCUT2D eigenvalue weighted by Crippen LogP contribution is 2.32. The molecule has 0 amide bonds. The first-order valence-electron chi connectivity index (χ1n) is 4.45. The molecule has 0 bridgehead atoms. The fraction of sp³-hybridized carbons (Fsp3) is 0.0909. The van der Waals surface area contributed by atoms with Crippen LogP contribution in [0.5, 0.6) is 0 Å². The zero-order chi connectivity index (χ0) is 10.8. The monoisotopic (exact) mass is 349 g/mol. The van der Waals surface area contributed by atoms with Crippen molar-refractivity contribution < 1.29 is 0 Å². The molecule has 0 aliphatic carbocycles. The predicted molar refractivity (Wildman–Crippen MR) is 75.4 cm³/mol. The maximum absolute atomic E-state index is 5.92. The minimum atomic E-state index is 0.606. The number of nitrogens with two attached hydrogens (primary N) is 1. The molecule has 0 atom stereocenters. The van der Waals surface area contributed by atoms with Crippen molar-refractivity contribution in [2.24, 2.45) is 5.73 Å². The van der Waals surface area contributed by atoms with Crippen LogP contribution < -0.4 is 5.73 Å². The average Bonchev–Trinajstić information content (AvgIpc) is 2.66. The molecule has 2 rings (SSSR count). The zero-order valence-electron chi connectivity index (χ0n) is 7.84. The molecule has 15 heavy (non-hydrogen) atoms. The van der Waals surface area contributed by atoms with Gasteiger partial charge in [0, 0.05) is 30.5 Å². The topological polar surface area (TPSA) is 26.0 Å². The molecule has 4 heteroatoms. The van der Waals surface area contributed by atoms with Crippen molar-refractivity contribution >= 4 is 45.5 Å². The quantitative estimate of drug-likeness (QED) is 0.811. The normalized spacial score (nSPS) is 10.6. The summed E-state index contributed by atoms with van der Waals surface area (Å²) >= 11 is 9.95. The third-order valence-corrected chi connectivity index (χ3v) is 4.33. The third kappa shape index (κ3) is 2.53. The van der Waals surface area contributed by atoms with E-state index < -0.39 is 0 Å². The molecule has 1 nitrogen and oxygen atoms in total. The SMILES string of the molecule is NCc1ccc(-c2ccc(Cl)cc2I)s1. The number of thiophene rings is 1. The van der Waals surface area contributed by atoms with Crippen molar-refractivity contribution in [1.29, 1.82) is 0 Å². The average molecular weight is 350 g/mol. The van der Waals surface area contributed by atoms with Crippen molar-refractivity contribution in [2.75, 3.05) is 0 Å². The smallest absolute Gasteiger partial charge is 0.0416 e. The summed E-state index contributed by atoms with van der Waals surface area (Å²) in [4.78, 5) is 2.45. The second-order valence-corrected chi connectivity index (χ2v) is 5.86. The predicted octanol–water partition coefficient (Wildman–Crippen LogP) is 4.13. The van der Waals surface area contributed by atoms with Crippen LogP contribution in [0, 0.1) is 3.57 Å². The van der Waals surface area contributed by atoms with Gasteiger partial charge in [-0.3, -0.25) is 0 Å². The van der Waals surface area contributed by atoms with Crippen LogP contribution in [0.2, 0.25) is 5.02 Å². The van der Waals surface area contributed by atoms with Crippen molar-refractivity contribution in [3.05, 3.63) is 43.8 Å². The lowest BCUT2D eigenvalue weighted by molar-refractivity contribution is 1.11. The Morgan fingerprint density at radius 3 is 2.67 bits per heavy atom. The molecule has 0 aliphatic rings. The Hall–Kier alpha value is -0.100. The van der Waals surface area contributed by atoms with E-state index in [4.69, 9.17) is 17.3 Å². The van der Waals surface area contributed by atoms with E-state index in [1.165, 1.54) is 18.9 Å². The van der Waals surface area contributed by atoms with Crippen LogP contribution in [0.3, 0.4) is 0 Å². The molecule has 1 aromatic carbocycles. The molecule has 0 radical (unpaired) electrons. The first-order valence-corrected chi connectivity index (χ1v) is 6.72. The number of hydrogen-bond acceptors (Lipinski definition) is 2.